The van der Waals surface area contributed by atoms with Gasteiger partial charge in [0.2, 0.25) is 0 Å². The second-order valence-electron chi connectivity index (χ2n) is 2.11. The molecule has 1 saturated heterocycles. The zero-order chi connectivity index (χ0) is 5.82. The van der Waals surface area contributed by atoms with Crippen LogP contribution in [0.25, 0.3) is 0 Å². The fourth-order valence-corrected chi connectivity index (χ4v) is 1.24. The van der Waals surface area contributed by atoms with Crippen molar-refractivity contribution in [3.05, 3.63) is 0 Å². The first-order valence-electron chi connectivity index (χ1n) is 3.11. The van der Waals surface area contributed by atoms with E-state index in [2.05, 4.69) is 0 Å². The van der Waals surface area contributed by atoms with E-state index in [0.717, 1.165) is 18.9 Å². The maximum absolute atomic E-state index is 5.50. The topological polar surface area (TPSA) is 9.23 Å². The van der Waals surface area contributed by atoms with Crippen LogP contribution in [0.1, 0.15) is 19.3 Å². The summed E-state index contributed by atoms with van der Waals surface area (Å²) >= 11 is 5.50. The fraction of sp³-hybridized carbons (Fsp3) is 1.00. The lowest BCUT2D eigenvalue weighted by Crippen LogP contribution is -2.04. The molecule has 1 aliphatic heterocycles. The van der Waals surface area contributed by atoms with Crippen LogP contribution in [-0.4, -0.2) is 18.6 Å². The smallest absolute Gasteiger partial charge is 0.0587 e. The Morgan fingerprint density at radius 1 is 1.62 bits per heavy atom. The zero-order valence-electron chi connectivity index (χ0n) is 4.90. The van der Waals surface area contributed by atoms with Gasteiger partial charge in [0, 0.05) is 12.5 Å². The van der Waals surface area contributed by atoms with Gasteiger partial charge in [0.1, 0.15) is 0 Å². The van der Waals surface area contributed by atoms with Gasteiger partial charge in [-0.25, -0.2) is 0 Å². The molecular weight excluding hydrogens is 124 g/mol. The molecule has 0 bridgehead atoms. The number of alkyl halides is 1. The summed E-state index contributed by atoms with van der Waals surface area (Å²) in [6.07, 6.45) is 3.95. The molecule has 1 aliphatic rings. The predicted octanol–water partition coefficient (Wildman–Crippen LogP) is 1.79. The maximum Gasteiger partial charge on any atom is 0.0587 e. The van der Waals surface area contributed by atoms with E-state index in [1.165, 1.54) is 12.8 Å². The van der Waals surface area contributed by atoms with Crippen LogP contribution < -0.4 is 0 Å². The Balaban J connectivity index is 2.06. The van der Waals surface area contributed by atoms with Crippen LogP contribution in [0.5, 0.6) is 0 Å². The Morgan fingerprint density at radius 2 is 2.50 bits per heavy atom. The highest BCUT2D eigenvalue weighted by Gasteiger charge is 2.13. The molecular formula is C6H11ClO. The van der Waals surface area contributed by atoms with Crippen LogP contribution >= 0.6 is 11.6 Å². The van der Waals surface area contributed by atoms with Gasteiger partial charge in [-0.2, -0.15) is 0 Å². The number of hydrogen-bond acceptors (Lipinski definition) is 1. The average Bonchev–Trinajstić information content (AvgIpc) is 2.19. The highest BCUT2D eigenvalue weighted by Crippen LogP contribution is 2.15. The van der Waals surface area contributed by atoms with Gasteiger partial charge in [-0.3, -0.25) is 0 Å². The summed E-state index contributed by atoms with van der Waals surface area (Å²) in [7, 11) is 0. The summed E-state index contributed by atoms with van der Waals surface area (Å²) in [5, 5.41) is 0. The summed E-state index contributed by atoms with van der Waals surface area (Å²) in [4.78, 5) is 0. The normalized spacial score (nSPS) is 28.9. The van der Waals surface area contributed by atoms with Crippen LogP contribution in [0.3, 0.4) is 0 Å². The molecule has 0 aliphatic carbocycles. The van der Waals surface area contributed by atoms with Gasteiger partial charge in [-0.15, -0.1) is 11.6 Å². The van der Waals surface area contributed by atoms with Crippen molar-refractivity contribution in [3.8, 4) is 0 Å². The first kappa shape index (κ1) is 6.37. The Bertz CT molecular complexity index is 59.5. The van der Waals surface area contributed by atoms with Gasteiger partial charge < -0.3 is 4.74 Å². The molecule has 0 aromatic rings. The minimum absolute atomic E-state index is 0.479. The van der Waals surface area contributed by atoms with E-state index in [-0.39, 0.29) is 0 Å². The van der Waals surface area contributed by atoms with Crippen LogP contribution in [0.15, 0.2) is 0 Å². The van der Waals surface area contributed by atoms with E-state index in [0.29, 0.717) is 6.10 Å². The maximum atomic E-state index is 5.50. The molecule has 2 heteroatoms. The van der Waals surface area contributed by atoms with Crippen LogP contribution in [0.2, 0.25) is 0 Å². The Labute approximate surface area is 55.0 Å². The number of halogens is 1. The quantitative estimate of drug-likeness (QED) is 0.524. The highest BCUT2D eigenvalue weighted by molar-refractivity contribution is 6.17. The van der Waals surface area contributed by atoms with Crippen molar-refractivity contribution in [1.29, 1.82) is 0 Å². The SMILES string of the molecule is ClCC[C@H]1CCCO1. The minimum Gasteiger partial charge on any atom is -0.378 e. The fourth-order valence-electron chi connectivity index (χ4n) is 0.994. The molecule has 1 atom stereocenters. The first-order chi connectivity index (χ1) is 3.93. The van der Waals surface area contributed by atoms with Gasteiger partial charge in [-0.1, -0.05) is 0 Å². The Hall–Kier alpha value is 0.250. The molecule has 1 heterocycles. The predicted molar refractivity (Wildman–Crippen MR) is 34.3 cm³/mol. The molecule has 0 saturated carbocycles. The lowest BCUT2D eigenvalue weighted by molar-refractivity contribution is 0.109. The molecule has 1 fully saturated rings. The third-order valence-electron chi connectivity index (χ3n) is 1.46. The van der Waals surface area contributed by atoms with E-state index in [1.54, 1.807) is 0 Å². The number of ether oxygens (including phenoxy) is 1. The summed E-state index contributed by atoms with van der Waals surface area (Å²) in [6, 6.07) is 0. The number of hydrogen-bond donors (Lipinski definition) is 0. The molecule has 1 nitrogen and oxygen atoms in total. The van der Waals surface area contributed by atoms with Crippen molar-refractivity contribution in [2.75, 3.05) is 12.5 Å². The van der Waals surface area contributed by atoms with Crippen LogP contribution in [-0.2, 0) is 4.74 Å². The Kier molecular flexibility index (Phi) is 2.64. The van der Waals surface area contributed by atoms with Crippen LogP contribution in [0, 0.1) is 0 Å². The highest BCUT2D eigenvalue weighted by atomic mass is 35.5. The van der Waals surface area contributed by atoms with Crippen LogP contribution in [0.4, 0.5) is 0 Å². The molecule has 0 aromatic carbocycles. The zero-order valence-corrected chi connectivity index (χ0v) is 5.66. The van der Waals surface area contributed by atoms with Crippen molar-refractivity contribution in [1.82, 2.24) is 0 Å². The largest absolute Gasteiger partial charge is 0.378 e. The molecule has 0 amide bonds. The molecule has 0 radical (unpaired) electrons. The average molecular weight is 135 g/mol. The summed E-state index contributed by atoms with van der Waals surface area (Å²) in [6.45, 7) is 0.946. The van der Waals surface area contributed by atoms with Crippen molar-refractivity contribution in [2.24, 2.45) is 0 Å². The van der Waals surface area contributed by atoms with Crippen molar-refractivity contribution < 1.29 is 4.74 Å². The second kappa shape index (κ2) is 3.31. The Morgan fingerprint density at radius 3 is 3.00 bits per heavy atom. The summed E-state index contributed by atoms with van der Waals surface area (Å²) in [5.74, 6) is 0.741. The third-order valence-corrected chi connectivity index (χ3v) is 1.67. The standard InChI is InChI=1S/C6H11ClO/c7-4-3-6-2-1-5-8-6/h6H,1-5H2/t6-/m1/s1. The van der Waals surface area contributed by atoms with Gasteiger partial charge in [-0.05, 0) is 19.3 Å². The summed E-state index contributed by atoms with van der Waals surface area (Å²) in [5.41, 5.74) is 0. The molecule has 0 spiro atoms. The van der Waals surface area contributed by atoms with E-state index in [1.807, 2.05) is 0 Å². The lowest BCUT2D eigenvalue weighted by atomic mass is 10.2. The second-order valence-corrected chi connectivity index (χ2v) is 2.49. The molecule has 0 N–H and O–H groups in total. The van der Waals surface area contributed by atoms with E-state index in [9.17, 15) is 0 Å². The molecule has 0 unspecified atom stereocenters. The first-order valence-corrected chi connectivity index (χ1v) is 3.64. The molecule has 1 rings (SSSR count). The van der Waals surface area contributed by atoms with Crippen molar-refractivity contribution in [2.45, 2.75) is 25.4 Å². The van der Waals surface area contributed by atoms with Gasteiger partial charge in [0.15, 0.2) is 0 Å². The minimum atomic E-state index is 0.479. The number of rotatable bonds is 2. The van der Waals surface area contributed by atoms with E-state index in [4.69, 9.17) is 16.3 Å². The van der Waals surface area contributed by atoms with E-state index >= 15 is 0 Å². The summed E-state index contributed by atoms with van der Waals surface area (Å²) < 4.78 is 5.31. The molecule has 48 valence electrons. The molecule has 0 aromatic heterocycles. The van der Waals surface area contributed by atoms with Gasteiger partial charge in [0.25, 0.3) is 0 Å². The molecule has 8 heavy (non-hydrogen) atoms. The van der Waals surface area contributed by atoms with Gasteiger partial charge >= 0.3 is 0 Å². The third kappa shape index (κ3) is 1.64. The van der Waals surface area contributed by atoms with E-state index < -0.39 is 0 Å². The monoisotopic (exact) mass is 134 g/mol. The van der Waals surface area contributed by atoms with Crippen molar-refractivity contribution in [3.63, 3.8) is 0 Å². The van der Waals surface area contributed by atoms with Gasteiger partial charge in [0.05, 0.1) is 6.10 Å². The lowest BCUT2D eigenvalue weighted by Gasteiger charge is -2.03. The van der Waals surface area contributed by atoms with Crippen molar-refractivity contribution >= 4 is 11.6 Å².